The number of ether oxygens (including phenoxy) is 1. The highest BCUT2D eigenvalue weighted by atomic mass is 32.1. The number of primary amides is 1. The molecule has 2 aromatic rings. The molecule has 168 valence electrons. The Labute approximate surface area is 183 Å². The largest absolute Gasteiger partial charge is 0.497 e. The van der Waals surface area contributed by atoms with E-state index >= 15 is 0 Å². The first kappa shape index (κ1) is 23.1. The average molecular weight is 455 g/mol. The van der Waals surface area contributed by atoms with Crippen LogP contribution in [0.15, 0.2) is 41.8 Å². The lowest BCUT2D eigenvalue weighted by Crippen LogP contribution is -2.63. The third-order valence-electron chi connectivity index (χ3n) is 5.92. The summed E-state index contributed by atoms with van der Waals surface area (Å²) in [7, 11) is 1.52. The minimum atomic E-state index is -5.13. The number of alkyl halides is 3. The van der Waals surface area contributed by atoms with E-state index in [1.807, 2.05) is 0 Å². The Morgan fingerprint density at radius 1 is 1.16 bits per heavy atom. The summed E-state index contributed by atoms with van der Waals surface area (Å²) in [6.07, 6.45) is -2.37. The van der Waals surface area contributed by atoms with Gasteiger partial charge in [0, 0.05) is 11.4 Å². The quantitative estimate of drug-likeness (QED) is 0.648. The summed E-state index contributed by atoms with van der Waals surface area (Å²) in [4.78, 5) is 26.6. The first-order valence-electron chi connectivity index (χ1n) is 10.1. The topological polar surface area (TPSA) is 72.6 Å². The maximum atomic E-state index is 13.7. The zero-order valence-electron chi connectivity index (χ0n) is 17.2. The lowest BCUT2D eigenvalue weighted by molar-refractivity contribution is -0.195. The fraction of sp³-hybridized carbons (Fsp3) is 0.455. The van der Waals surface area contributed by atoms with Gasteiger partial charge in [0.15, 0.2) is 5.54 Å². The zero-order valence-corrected chi connectivity index (χ0v) is 18.0. The van der Waals surface area contributed by atoms with Crippen LogP contribution in [0.5, 0.6) is 5.75 Å². The fourth-order valence-electron chi connectivity index (χ4n) is 4.47. The van der Waals surface area contributed by atoms with Gasteiger partial charge in [-0.3, -0.25) is 9.59 Å². The molecule has 1 aromatic carbocycles. The van der Waals surface area contributed by atoms with Crippen LogP contribution in [0.25, 0.3) is 0 Å². The monoisotopic (exact) mass is 454 g/mol. The van der Waals surface area contributed by atoms with Crippen molar-refractivity contribution in [3.05, 3.63) is 52.2 Å². The molecule has 0 radical (unpaired) electrons. The van der Waals surface area contributed by atoms with Gasteiger partial charge in [-0.15, -0.1) is 11.3 Å². The Bertz CT molecular complexity index is 894. The van der Waals surface area contributed by atoms with Crippen LogP contribution in [0.4, 0.5) is 13.2 Å². The SMILES string of the molecule is COc1ccc(CCN(C(=O)C(F)(F)F)C(C(N)=O)(c2cccs2)C2CCCC2)cc1. The third kappa shape index (κ3) is 4.56. The van der Waals surface area contributed by atoms with Crippen LogP contribution in [-0.4, -0.2) is 36.5 Å². The fourth-order valence-corrected chi connectivity index (χ4v) is 5.49. The average Bonchev–Trinajstić information content (AvgIpc) is 3.45. The molecular weight excluding hydrogens is 429 g/mol. The molecule has 1 atom stereocenters. The molecule has 1 heterocycles. The number of carbonyl (C=O) groups excluding carboxylic acids is 2. The van der Waals surface area contributed by atoms with Gasteiger partial charge in [-0.05, 0) is 54.3 Å². The van der Waals surface area contributed by atoms with Gasteiger partial charge in [0.1, 0.15) is 5.75 Å². The minimum absolute atomic E-state index is 0.138. The van der Waals surface area contributed by atoms with Crippen molar-refractivity contribution in [1.29, 1.82) is 0 Å². The predicted molar refractivity (Wildman–Crippen MR) is 112 cm³/mol. The predicted octanol–water partition coefficient (Wildman–Crippen LogP) is 4.26. The van der Waals surface area contributed by atoms with E-state index in [0.29, 0.717) is 28.4 Å². The lowest BCUT2D eigenvalue weighted by atomic mass is 9.78. The molecule has 1 fully saturated rings. The van der Waals surface area contributed by atoms with Crippen molar-refractivity contribution in [3.63, 3.8) is 0 Å². The van der Waals surface area contributed by atoms with Crippen molar-refractivity contribution in [1.82, 2.24) is 4.90 Å². The van der Waals surface area contributed by atoms with E-state index < -0.39 is 29.4 Å². The normalized spacial score (nSPS) is 16.6. The summed E-state index contributed by atoms with van der Waals surface area (Å²) >= 11 is 1.15. The Morgan fingerprint density at radius 2 is 1.81 bits per heavy atom. The number of rotatable bonds is 8. The highest BCUT2D eigenvalue weighted by molar-refractivity contribution is 7.10. The third-order valence-corrected chi connectivity index (χ3v) is 6.91. The van der Waals surface area contributed by atoms with Crippen molar-refractivity contribution >= 4 is 23.2 Å². The minimum Gasteiger partial charge on any atom is -0.497 e. The Morgan fingerprint density at radius 3 is 2.29 bits per heavy atom. The Kier molecular flexibility index (Phi) is 6.93. The molecular formula is C22H25F3N2O3S. The van der Waals surface area contributed by atoms with Gasteiger partial charge in [-0.1, -0.05) is 31.0 Å². The van der Waals surface area contributed by atoms with Crippen LogP contribution in [0, 0.1) is 5.92 Å². The van der Waals surface area contributed by atoms with Gasteiger partial charge >= 0.3 is 12.1 Å². The van der Waals surface area contributed by atoms with E-state index in [9.17, 15) is 22.8 Å². The number of benzene rings is 1. The Balaban J connectivity index is 2.06. The summed E-state index contributed by atoms with van der Waals surface area (Å²) in [5.41, 5.74) is 4.71. The summed E-state index contributed by atoms with van der Waals surface area (Å²) in [6, 6.07) is 10.1. The number of carbonyl (C=O) groups is 2. The molecule has 2 N–H and O–H groups in total. The smallest absolute Gasteiger partial charge is 0.471 e. The molecule has 31 heavy (non-hydrogen) atoms. The molecule has 2 amide bonds. The number of thiophene rings is 1. The number of nitrogens with two attached hydrogens (primary N) is 1. The van der Waals surface area contributed by atoms with Crippen LogP contribution in [-0.2, 0) is 21.5 Å². The molecule has 1 unspecified atom stereocenters. The summed E-state index contributed by atoms with van der Waals surface area (Å²) in [5, 5.41) is 1.68. The highest BCUT2D eigenvalue weighted by Gasteiger charge is 2.58. The standard InChI is InChI=1S/C22H25F3N2O3S/c1-30-17-10-8-15(9-11-17)12-13-27(20(29)22(23,24)25)21(19(26)28,16-5-2-3-6-16)18-7-4-14-31-18/h4,7-11,14,16H,2-3,5-6,12-13H2,1H3,(H2,26,28). The van der Waals surface area contributed by atoms with Crippen LogP contribution in [0.1, 0.15) is 36.1 Å². The number of hydrogen-bond donors (Lipinski definition) is 1. The van der Waals surface area contributed by atoms with Crippen LogP contribution in [0.3, 0.4) is 0 Å². The maximum Gasteiger partial charge on any atom is 0.471 e. The molecule has 1 aromatic heterocycles. The first-order chi connectivity index (χ1) is 14.7. The van der Waals surface area contributed by atoms with Gasteiger partial charge in [0.05, 0.1) is 7.11 Å². The molecule has 0 saturated heterocycles. The van der Waals surface area contributed by atoms with Crippen molar-refractivity contribution in [2.45, 2.75) is 43.8 Å². The molecule has 1 aliphatic rings. The Hall–Kier alpha value is -2.55. The number of amides is 2. The number of halogens is 3. The van der Waals surface area contributed by atoms with Crippen LogP contribution < -0.4 is 10.5 Å². The van der Waals surface area contributed by atoms with E-state index in [1.54, 1.807) is 41.8 Å². The van der Waals surface area contributed by atoms with Crippen molar-refractivity contribution in [2.75, 3.05) is 13.7 Å². The van der Waals surface area contributed by atoms with Crippen molar-refractivity contribution in [2.24, 2.45) is 11.7 Å². The summed E-state index contributed by atoms with van der Waals surface area (Å²) in [6.45, 7) is -0.290. The van der Waals surface area contributed by atoms with Crippen LogP contribution in [0.2, 0.25) is 0 Å². The second-order valence-electron chi connectivity index (χ2n) is 7.64. The van der Waals surface area contributed by atoms with Gasteiger partial charge in [-0.2, -0.15) is 13.2 Å². The van der Waals surface area contributed by atoms with E-state index in [0.717, 1.165) is 29.7 Å². The van der Waals surface area contributed by atoms with E-state index in [2.05, 4.69) is 0 Å². The number of methoxy groups -OCH3 is 1. The van der Waals surface area contributed by atoms with Crippen molar-refractivity contribution in [3.8, 4) is 5.75 Å². The molecule has 0 spiro atoms. The maximum absolute atomic E-state index is 13.7. The second-order valence-corrected chi connectivity index (χ2v) is 8.59. The van der Waals surface area contributed by atoms with Gasteiger partial charge in [-0.25, -0.2) is 0 Å². The van der Waals surface area contributed by atoms with Gasteiger partial charge < -0.3 is 15.4 Å². The van der Waals surface area contributed by atoms with E-state index in [-0.39, 0.29) is 13.0 Å². The molecule has 1 aliphatic carbocycles. The molecule has 3 rings (SSSR count). The molecule has 0 aliphatic heterocycles. The van der Waals surface area contributed by atoms with Crippen molar-refractivity contribution < 1.29 is 27.5 Å². The number of hydrogen-bond acceptors (Lipinski definition) is 4. The van der Waals surface area contributed by atoms with Gasteiger partial charge in [0.2, 0.25) is 5.91 Å². The highest BCUT2D eigenvalue weighted by Crippen LogP contribution is 2.47. The molecule has 0 bridgehead atoms. The number of nitrogens with zero attached hydrogens (tertiary/aromatic N) is 1. The van der Waals surface area contributed by atoms with E-state index in [4.69, 9.17) is 10.5 Å². The molecule has 5 nitrogen and oxygen atoms in total. The van der Waals surface area contributed by atoms with Gasteiger partial charge in [0.25, 0.3) is 0 Å². The summed E-state index contributed by atoms with van der Waals surface area (Å²) < 4.78 is 46.2. The lowest BCUT2D eigenvalue weighted by Gasteiger charge is -2.45. The van der Waals surface area contributed by atoms with E-state index in [1.165, 1.54) is 7.11 Å². The summed E-state index contributed by atoms with van der Waals surface area (Å²) in [5.74, 6) is -2.82. The molecule has 9 heteroatoms. The molecule has 1 saturated carbocycles. The second kappa shape index (κ2) is 9.30. The van der Waals surface area contributed by atoms with Crippen LogP contribution >= 0.6 is 11.3 Å². The first-order valence-corrected chi connectivity index (χ1v) is 10.9. The zero-order chi connectivity index (χ0) is 22.6.